The molecule has 0 aromatic heterocycles. The Hall–Kier alpha value is -2.87. The average molecular weight is 406 g/mol. The van der Waals surface area contributed by atoms with Crippen LogP contribution in [0, 0.1) is 0 Å². The number of methoxy groups -OCH3 is 1. The third kappa shape index (κ3) is 5.32. The van der Waals surface area contributed by atoms with Crippen molar-refractivity contribution >= 4 is 33.7 Å². The molecule has 25 heavy (non-hydrogen) atoms. The molecule has 0 heterocycles. The molecule has 0 aliphatic heterocycles. The predicted octanol–water partition coefficient (Wildman–Crippen LogP) is 1.65. The topological polar surface area (TPSA) is 96.5 Å². The maximum atomic E-state index is 12.1. The van der Waals surface area contributed by atoms with Crippen LogP contribution in [0.2, 0.25) is 0 Å². The molecule has 8 heteroatoms. The van der Waals surface area contributed by atoms with Gasteiger partial charge in [-0.3, -0.25) is 25.2 Å². The molecule has 0 spiro atoms. The summed E-state index contributed by atoms with van der Waals surface area (Å²) < 4.78 is 5.93. The zero-order chi connectivity index (χ0) is 18.2. The number of hydrogen-bond acceptors (Lipinski definition) is 4. The van der Waals surface area contributed by atoms with E-state index in [4.69, 9.17) is 4.74 Å². The van der Waals surface area contributed by atoms with Gasteiger partial charge in [0.05, 0.1) is 19.2 Å². The van der Waals surface area contributed by atoms with Crippen molar-refractivity contribution < 1.29 is 19.1 Å². The first-order valence-corrected chi connectivity index (χ1v) is 8.06. The number of nitrogens with one attached hydrogen (secondary N) is 3. The molecule has 0 aliphatic carbocycles. The smallest absolute Gasteiger partial charge is 0.269 e. The average Bonchev–Trinajstić information content (AvgIpc) is 2.64. The molecule has 0 aliphatic rings. The van der Waals surface area contributed by atoms with E-state index in [-0.39, 0.29) is 6.54 Å². The van der Waals surface area contributed by atoms with Gasteiger partial charge in [-0.2, -0.15) is 0 Å². The Balaban J connectivity index is 1.81. The van der Waals surface area contributed by atoms with Crippen molar-refractivity contribution in [2.45, 2.75) is 0 Å². The zero-order valence-corrected chi connectivity index (χ0v) is 14.9. The number of carbonyl (C=O) groups is 3. The van der Waals surface area contributed by atoms with Gasteiger partial charge in [0.25, 0.3) is 17.7 Å². The maximum Gasteiger partial charge on any atom is 0.269 e. The van der Waals surface area contributed by atoms with Crippen molar-refractivity contribution in [3.63, 3.8) is 0 Å². The molecular formula is C17H16BrN3O4. The third-order valence-corrected chi connectivity index (χ3v) is 3.71. The van der Waals surface area contributed by atoms with E-state index in [0.29, 0.717) is 16.9 Å². The summed E-state index contributed by atoms with van der Waals surface area (Å²) in [6.07, 6.45) is 0. The monoisotopic (exact) mass is 405 g/mol. The Labute approximate surface area is 152 Å². The lowest BCUT2D eigenvalue weighted by Gasteiger charge is -2.10. The van der Waals surface area contributed by atoms with E-state index >= 15 is 0 Å². The number of ether oxygens (including phenoxy) is 1. The Morgan fingerprint density at radius 1 is 0.960 bits per heavy atom. The highest BCUT2D eigenvalue weighted by Crippen LogP contribution is 2.16. The minimum atomic E-state index is -0.561. The van der Waals surface area contributed by atoms with Crippen molar-refractivity contribution in [1.29, 1.82) is 0 Å². The molecule has 0 saturated heterocycles. The summed E-state index contributed by atoms with van der Waals surface area (Å²) in [4.78, 5) is 35.7. The van der Waals surface area contributed by atoms with Crippen LogP contribution in [0.5, 0.6) is 5.75 Å². The van der Waals surface area contributed by atoms with Crippen LogP contribution in [0.1, 0.15) is 20.7 Å². The fourth-order valence-electron chi connectivity index (χ4n) is 1.93. The number of hydrazine groups is 1. The second kappa shape index (κ2) is 8.84. The SMILES string of the molecule is COc1ccccc1C(=O)NCC(=O)NNC(=O)c1ccc(Br)cc1. The molecule has 2 aromatic rings. The van der Waals surface area contributed by atoms with Crippen LogP contribution in [0.4, 0.5) is 0 Å². The number of carbonyl (C=O) groups excluding carboxylic acids is 3. The normalized spacial score (nSPS) is 9.84. The summed E-state index contributed by atoms with van der Waals surface area (Å²) >= 11 is 3.27. The van der Waals surface area contributed by atoms with Gasteiger partial charge in [-0.1, -0.05) is 28.1 Å². The third-order valence-electron chi connectivity index (χ3n) is 3.18. The summed E-state index contributed by atoms with van der Waals surface area (Å²) in [6, 6.07) is 13.3. The van der Waals surface area contributed by atoms with Crippen LogP contribution >= 0.6 is 15.9 Å². The standard InChI is InChI=1S/C17H16BrN3O4/c1-25-14-5-3-2-4-13(14)17(24)19-10-15(22)20-21-16(23)11-6-8-12(18)9-7-11/h2-9H,10H2,1H3,(H,19,24)(H,20,22)(H,21,23). The van der Waals surface area contributed by atoms with Gasteiger partial charge in [-0.05, 0) is 36.4 Å². The van der Waals surface area contributed by atoms with Gasteiger partial charge in [0.2, 0.25) is 0 Å². The Bertz CT molecular complexity index is 778. The van der Waals surface area contributed by atoms with Crippen molar-refractivity contribution in [2.24, 2.45) is 0 Å². The minimum absolute atomic E-state index is 0.294. The number of amides is 3. The van der Waals surface area contributed by atoms with Crippen LogP contribution in [-0.2, 0) is 4.79 Å². The molecule has 2 rings (SSSR count). The Morgan fingerprint density at radius 3 is 2.32 bits per heavy atom. The number of benzene rings is 2. The molecular weight excluding hydrogens is 390 g/mol. The fourth-order valence-corrected chi connectivity index (χ4v) is 2.20. The van der Waals surface area contributed by atoms with Gasteiger partial charge in [-0.15, -0.1) is 0 Å². The lowest BCUT2D eigenvalue weighted by atomic mass is 10.2. The van der Waals surface area contributed by atoms with Gasteiger partial charge >= 0.3 is 0 Å². The van der Waals surface area contributed by atoms with Crippen LogP contribution in [0.3, 0.4) is 0 Å². The number of halogens is 1. The molecule has 2 aromatic carbocycles. The lowest BCUT2D eigenvalue weighted by molar-refractivity contribution is -0.120. The van der Waals surface area contributed by atoms with Gasteiger partial charge in [-0.25, -0.2) is 0 Å². The van der Waals surface area contributed by atoms with E-state index < -0.39 is 17.7 Å². The molecule has 0 saturated carbocycles. The maximum absolute atomic E-state index is 12.1. The van der Waals surface area contributed by atoms with E-state index in [1.807, 2.05) is 0 Å². The molecule has 0 atom stereocenters. The lowest BCUT2D eigenvalue weighted by Crippen LogP contribution is -2.46. The van der Waals surface area contributed by atoms with Gasteiger partial charge in [0.1, 0.15) is 5.75 Å². The van der Waals surface area contributed by atoms with Crippen molar-refractivity contribution in [2.75, 3.05) is 13.7 Å². The molecule has 0 bridgehead atoms. The highest BCUT2D eigenvalue weighted by Gasteiger charge is 2.13. The zero-order valence-electron chi connectivity index (χ0n) is 13.3. The van der Waals surface area contributed by atoms with Gasteiger partial charge in [0, 0.05) is 10.0 Å². The van der Waals surface area contributed by atoms with E-state index in [2.05, 4.69) is 32.1 Å². The largest absolute Gasteiger partial charge is 0.496 e. The highest BCUT2D eigenvalue weighted by atomic mass is 79.9. The molecule has 3 N–H and O–H groups in total. The molecule has 0 fully saturated rings. The number of rotatable bonds is 5. The van der Waals surface area contributed by atoms with Crippen LogP contribution < -0.4 is 20.9 Å². The summed E-state index contributed by atoms with van der Waals surface area (Å²) in [5, 5.41) is 2.46. The summed E-state index contributed by atoms with van der Waals surface area (Å²) in [7, 11) is 1.45. The molecule has 7 nitrogen and oxygen atoms in total. The molecule has 130 valence electrons. The summed E-state index contributed by atoms with van der Waals surface area (Å²) in [5.74, 6) is -1.07. The predicted molar refractivity (Wildman–Crippen MR) is 95.1 cm³/mol. The summed E-state index contributed by atoms with van der Waals surface area (Å²) in [6.45, 7) is -0.294. The van der Waals surface area contributed by atoms with Crippen molar-refractivity contribution in [1.82, 2.24) is 16.2 Å². The van der Waals surface area contributed by atoms with Crippen molar-refractivity contribution in [3.05, 3.63) is 64.1 Å². The van der Waals surface area contributed by atoms with Crippen LogP contribution in [0.25, 0.3) is 0 Å². The first-order valence-electron chi connectivity index (χ1n) is 7.27. The van der Waals surface area contributed by atoms with Crippen LogP contribution in [-0.4, -0.2) is 31.4 Å². The van der Waals surface area contributed by atoms with Crippen molar-refractivity contribution in [3.8, 4) is 5.75 Å². The number of hydrogen-bond donors (Lipinski definition) is 3. The molecule has 3 amide bonds. The van der Waals surface area contributed by atoms with E-state index in [0.717, 1.165) is 4.47 Å². The Morgan fingerprint density at radius 2 is 1.64 bits per heavy atom. The quantitative estimate of drug-likeness (QED) is 0.658. The van der Waals surface area contributed by atoms with Gasteiger partial charge in [0.15, 0.2) is 0 Å². The van der Waals surface area contributed by atoms with Crippen LogP contribution in [0.15, 0.2) is 53.0 Å². The van der Waals surface area contributed by atoms with Gasteiger partial charge < -0.3 is 10.1 Å². The minimum Gasteiger partial charge on any atom is -0.496 e. The van der Waals surface area contributed by atoms with E-state index in [9.17, 15) is 14.4 Å². The second-order valence-electron chi connectivity index (χ2n) is 4.89. The van der Waals surface area contributed by atoms with E-state index in [1.165, 1.54) is 7.11 Å². The fraction of sp³-hybridized carbons (Fsp3) is 0.118. The molecule has 0 radical (unpaired) electrons. The number of para-hydroxylation sites is 1. The second-order valence-corrected chi connectivity index (χ2v) is 5.81. The highest BCUT2D eigenvalue weighted by molar-refractivity contribution is 9.10. The Kier molecular flexibility index (Phi) is 6.53. The first kappa shape index (κ1) is 18.5. The first-order chi connectivity index (χ1) is 12.0. The van der Waals surface area contributed by atoms with E-state index in [1.54, 1.807) is 48.5 Å². The summed E-state index contributed by atoms with van der Waals surface area (Å²) in [5.41, 5.74) is 5.22. The molecule has 0 unspecified atom stereocenters.